The van der Waals surface area contributed by atoms with Crippen molar-refractivity contribution in [1.29, 1.82) is 0 Å². The number of hydrogen-bond donors (Lipinski definition) is 2. The van der Waals surface area contributed by atoms with Crippen molar-refractivity contribution >= 4 is 28.8 Å². The lowest BCUT2D eigenvalue weighted by Gasteiger charge is -2.16. The number of carbonyl (C=O) groups is 1. The van der Waals surface area contributed by atoms with E-state index in [-0.39, 0.29) is 11.9 Å². The molecule has 3 aromatic rings. The minimum absolute atomic E-state index is 0.0385. The summed E-state index contributed by atoms with van der Waals surface area (Å²) in [5.41, 5.74) is 4.09. The number of carbonyl (C=O) groups excluding carboxylic acids is 1. The molecule has 1 fully saturated rings. The zero-order chi connectivity index (χ0) is 25.0. The van der Waals surface area contributed by atoms with Crippen molar-refractivity contribution in [2.75, 3.05) is 11.5 Å². The van der Waals surface area contributed by atoms with Crippen LogP contribution in [-0.4, -0.2) is 38.4 Å². The maximum Gasteiger partial charge on any atom is 0.253 e. The minimum Gasteiger partial charge on any atom is -0.349 e. The molecule has 0 atom stereocenters. The Morgan fingerprint density at radius 3 is 2.46 bits per heavy atom. The molecule has 4 rings (SSSR count). The third kappa shape index (κ3) is 8.68. The van der Waals surface area contributed by atoms with Crippen LogP contribution in [0.4, 0.5) is 0 Å². The normalized spacial score (nSPS) is 14.4. The molecule has 2 aromatic heterocycles. The highest BCUT2D eigenvalue weighted by molar-refractivity contribution is 7.99. The Morgan fingerprint density at radius 2 is 1.80 bits per heavy atom. The number of aryl methyl sites for hydroxylation is 1. The van der Waals surface area contributed by atoms with Crippen LogP contribution in [0.3, 0.4) is 0 Å². The summed E-state index contributed by atoms with van der Waals surface area (Å²) in [6.07, 6.45) is 11.4. The Hall–Kier alpha value is -2.34. The van der Waals surface area contributed by atoms with Crippen LogP contribution in [0.5, 0.6) is 0 Å². The molecule has 5 nitrogen and oxygen atoms in total. The minimum atomic E-state index is -0.0385. The predicted octanol–water partition coefficient (Wildman–Crippen LogP) is 7.56. The molecular formula is C29H42N4OS. The fourth-order valence-corrected chi connectivity index (χ4v) is 5.33. The number of amides is 1. The van der Waals surface area contributed by atoms with Crippen LogP contribution in [0, 0.1) is 12.8 Å². The van der Waals surface area contributed by atoms with Crippen molar-refractivity contribution in [2.45, 2.75) is 85.1 Å². The first-order valence-corrected chi connectivity index (χ1v) is 14.4. The van der Waals surface area contributed by atoms with Gasteiger partial charge in [-0.25, -0.2) is 9.97 Å². The zero-order valence-corrected chi connectivity index (χ0v) is 22.7. The number of rotatable bonds is 8. The van der Waals surface area contributed by atoms with E-state index in [0.717, 1.165) is 30.1 Å². The first kappa shape index (κ1) is 27.3. The lowest BCUT2D eigenvalue weighted by molar-refractivity contribution is 0.0935. The van der Waals surface area contributed by atoms with Gasteiger partial charge in [-0.1, -0.05) is 76.3 Å². The molecule has 6 heteroatoms. The van der Waals surface area contributed by atoms with Gasteiger partial charge >= 0.3 is 0 Å². The molecular weight excluding hydrogens is 452 g/mol. The van der Waals surface area contributed by atoms with Gasteiger partial charge in [0.25, 0.3) is 5.91 Å². The summed E-state index contributed by atoms with van der Waals surface area (Å²) in [4.78, 5) is 25.0. The van der Waals surface area contributed by atoms with Crippen LogP contribution in [0.25, 0.3) is 22.6 Å². The second-order valence-electron chi connectivity index (χ2n) is 9.97. The van der Waals surface area contributed by atoms with Gasteiger partial charge in [0.2, 0.25) is 0 Å². The Bertz CT molecular complexity index is 1040. The highest BCUT2D eigenvalue weighted by Crippen LogP contribution is 2.23. The Morgan fingerprint density at radius 1 is 1.09 bits per heavy atom. The smallest absolute Gasteiger partial charge is 0.253 e. The summed E-state index contributed by atoms with van der Waals surface area (Å²) < 4.78 is 0. The van der Waals surface area contributed by atoms with E-state index in [9.17, 15) is 4.79 Å². The van der Waals surface area contributed by atoms with Crippen LogP contribution < -0.4 is 5.32 Å². The molecule has 1 aromatic carbocycles. The van der Waals surface area contributed by atoms with Crippen LogP contribution in [0.1, 0.15) is 88.1 Å². The Kier molecular flexibility index (Phi) is 11.1. The number of nitrogens with one attached hydrogen (secondary N) is 2. The van der Waals surface area contributed by atoms with Gasteiger partial charge in [0.15, 0.2) is 5.65 Å². The fraction of sp³-hybridized carbons (Fsp3) is 0.552. The first-order chi connectivity index (χ1) is 17.0. The quantitative estimate of drug-likeness (QED) is 0.250. The van der Waals surface area contributed by atoms with Gasteiger partial charge in [-0.2, -0.15) is 11.8 Å². The SMILES string of the molecule is CCCSCCC(C)C.Cc1ccc(-c2nc3nccc(C(=O)NC4CCCCCC4)c3[nH]2)cc1. The van der Waals surface area contributed by atoms with Gasteiger partial charge in [0.1, 0.15) is 5.82 Å². The lowest BCUT2D eigenvalue weighted by atomic mass is 10.1. The first-order valence-electron chi connectivity index (χ1n) is 13.3. The van der Waals surface area contributed by atoms with E-state index in [2.05, 4.69) is 71.9 Å². The largest absolute Gasteiger partial charge is 0.349 e. The number of aromatic nitrogens is 3. The standard InChI is InChI=1S/C21H24N4O.C8H18S/c1-14-8-10-15(11-9-14)19-24-18-17(12-13-22-20(18)25-19)21(26)23-16-6-4-2-3-5-7-16;1-4-6-9-7-5-8(2)3/h8-13,16H,2-7H2,1H3,(H,23,26)(H,22,24,25);8H,4-7H2,1-3H3. The van der Waals surface area contributed by atoms with E-state index in [4.69, 9.17) is 0 Å². The molecule has 1 aliphatic rings. The predicted molar refractivity (Wildman–Crippen MR) is 150 cm³/mol. The van der Waals surface area contributed by atoms with Crippen LogP contribution in [0.2, 0.25) is 0 Å². The Balaban J connectivity index is 0.000000327. The van der Waals surface area contributed by atoms with Gasteiger partial charge in [-0.15, -0.1) is 0 Å². The number of aromatic amines is 1. The van der Waals surface area contributed by atoms with E-state index in [0.29, 0.717) is 16.7 Å². The summed E-state index contributed by atoms with van der Waals surface area (Å²) >= 11 is 2.08. The molecule has 0 bridgehead atoms. The van der Waals surface area contributed by atoms with Crippen molar-refractivity contribution in [2.24, 2.45) is 5.92 Å². The molecule has 0 spiro atoms. The summed E-state index contributed by atoms with van der Waals surface area (Å²) in [7, 11) is 0. The van der Waals surface area contributed by atoms with Crippen LogP contribution in [0.15, 0.2) is 36.5 Å². The summed E-state index contributed by atoms with van der Waals surface area (Å²) in [6, 6.07) is 10.2. The topological polar surface area (TPSA) is 70.7 Å². The molecule has 1 saturated carbocycles. The molecule has 0 saturated heterocycles. The maximum absolute atomic E-state index is 12.8. The van der Waals surface area contributed by atoms with Crippen molar-refractivity contribution in [1.82, 2.24) is 20.3 Å². The number of fused-ring (bicyclic) bond motifs is 1. The van der Waals surface area contributed by atoms with Crippen molar-refractivity contribution in [3.8, 4) is 11.4 Å². The Labute approximate surface area is 215 Å². The van der Waals surface area contributed by atoms with E-state index in [1.807, 2.05) is 12.1 Å². The van der Waals surface area contributed by atoms with E-state index < -0.39 is 0 Å². The molecule has 2 N–H and O–H groups in total. The zero-order valence-electron chi connectivity index (χ0n) is 21.9. The van der Waals surface area contributed by atoms with Gasteiger partial charge in [-0.05, 0) is 56.1 Å². The number of H-pyrrole nitrogens is 1. The van der Waals surface area contributed by atoms with E-state index in [1.165, 1.54) is 55.6 Å². The van der Waals surface area contributed by atoms with Gasteiger partial charge in [0.05, 0.1) is 11.1 Å². The highest BCUT2D eigenvalue weighted by atomic mass is 32.2. The van der Waals surface area contributed by atoms with E-state index >= 15 is 0 Å². The summed E-state index contributed by atoms with van der Waals surface area (Å²) in [5, 5.41) is 3.21. The van der Waals surface area contributed by atoms with Crippen molar-refractivity contribution in [3.63, 3.8) is 0 Å². The number of imidazole rings is 1. The third-order valence-corrected chi connectivity index (χ3v) is 7.56. The molecule has 1 aliphatic carbocycles. The average Bonchev–Trinajstić information content (AvgIpc) is 3.12. The number of benzene rings is 1. The molecule has 190 valence electrons. The van der Waals surface area contributed by atoms with Gasteiger partial charge in [0, 0.05) is 17.8 Å². The molecule has 0 aliphatic heterocycles. The molecule has 0 radical (unpaired) electrons. The number of hydrogen-bond acceptors (Lipinski definition) is 4. The van der Waals surface area contributed by atoms with Crippen molar-refractivity contribution < 1.29 is 4.79 Å². The second kappa shape index (κ2) is 14.3. The third-order valence-electron chi connectivity index (χ3n) is 6.34. The fourth-order valence-electron chi connectivity index (χ4n) is 4.20. The number of thioether (sulfide) groups is 1. The highest BCUT2D eigenvalue weighted by Gasteiger charge is 2.19. The summed E-state index contributed by atoms with van der Waals surface area (Å²) in [5.74, 6) is 4.28. The van der Waals surface area contributed by atoms with Crippen molar-refractivity contribution in [3.05, 3.63) is 47.7 Å². The summed E-state index contributed by atoms with van der Waals surface area (Å²) in [6.45, 7) is 8.86. The van der Waals surface area contributed by atoms with Gasteiger partial charge < -0.3 is 10.3 Å². The van der Waals surface area contributed by atoms with Crippen LogP contribution in [-0.2, 0) is 0 Å². The molecule has 35 heavy (non-hydrogen) atoms. The van der Waals surface area contributed by atoms with E-state index in [1.54, 1.807) is 12.3 Å². The van der Waals surface area contributed by atoms with Crippen LogP contribution >= 0.6 is 11.8 Å². The average molecular weight is 495 g/mol. The lowest BCUT2D eigenvalue weighted by Crippen LogP contribution is -2.34. The number of pyridine rings is 1. The monoisotopic (exact) mass is 494 g/mol. The second-order valence-corrected chi connectivity index (χ2v) is 11.2. The van der Waals surface area contributed by atoms with Gasteiger partial charge in [-0.3, -0.25) is 4.79 Å². The molecule has 2 heterocycles. The molecule has 0 unspecified atom stereocenters. The number of nitrogens with zero attached hydrogens (tertiary/aromatic N) is 2. The maximum atomic E-state index is 12.8. The molecule has 1 amide bonds.